The summed E-state index contributed by atoms with van der Waals surface area (Å²) in [5.41, 5.74) is 1.47. The molecule has 1 aromatic rings. The van der Waals surface area contributed by atoms with Crippen LogP contribution in [0.25, 0.3) is 0 Å². The molecule has 0 aliphatic carbocycles. The lowest BCUT2D eigenvalue weighted by atomic mass is 9.82. The third-order valence-corrected chi connectivity index (χ3v) is 2.64. The van der Waals surface area contributed by atoms with Crippen LogP contribution >= 0.6 is 0 Å². The summed E-state index contributed by atoms with van der Waals surface area (Å²) >= 11 is 0. The molecule has 1 aromatic heterocycles. The van der Waals surface area contributed by atoms with Gasteiger partial charge in [0.1, 0.15) is 0 Å². The van der Waals surface area contributed by atoms with E-state index in [1.807, 2.05) is 33.8 Å². The molecule has 0 aliphatic heterocycles. The first-order valence-corrected chi connectivity index (χ1v) is 4.94. The molecule has 0 bridgehead atoms. The molecular formula is C12H17NO. The van der Waals surface area contributed by atoms with E-state index in [1.54, 1.807) is 12.4 Å². The minimum atomic E-state index is -0.282. The van der Waals surface area contributed by atoms with Crippen LogP contribution in [0.1, 0.15) is 43.1 Å². The van der Waals surface area contributed by atoms with Gasteiger partial charge in [-0.15, -0.1) is 0 Å². The van der Waals surface area contributed by atoms with E-state index in [1.165, 1.54) is 0 Å². The molecule has 1 rings (SSSR count). The van der Waals surface area contributed by atoms with Crippen molar-refractivity contribution in [2.75, 3.05) is 0 Å². The molecule has 0 radical (unpaired) electrons. The van der Waals surface area contributed by atoms with Gasteiger partial charge in [0.25, 0.3) is 0 Å². The van der Waals surface area contributed by atoms with Crippen LogP contribution in [0.5, 0.6) is 0 Å². The van der Waals surface area contributed by atoms with Gasteiger partial charge in [0.05, 0.1) is 0 Å². The van der Waals surface area contributed by atoms with Crippen LogP contribution in [0.4, 0.5) is 0 Å². The number of aromatic nitrogens is 1. The van der Waals surface area contributed by atoms with Crippen molar-refractivity contribution >= 4 is 5.78 Å². The molecule has 2 heteroatoms. The normalized spacial score (nSPS) is 11.4. The van der Waals surface area contributed by atoms with E-state index in [0.29, 0.717) is 0 Å². The highest BCUT2D eigenvalue weighted by Crippen LogP contribution is 2.25. The molecule has 76 valence electrons. The zero-order chi connectivity index (χ0) is 10.8. The third-order valence-electron chi connectivity index (χ3n) is 2.64. The van der Waals surface area contributed by atoms with Gasteiger partial charge in [-0.1, -0.05) is 20.8 Å². The van der Waals surface area contributed by atoms with Gasteiger partial charge in [0.2, 0.25) is 0 Å². The maximum Gasteiger partial charge on any atom is 0.169 e. The van der Waals surface area contributed by atoms with Crippen LogP contribution in [0, 0.1) is 12.3 Å². The fourth-order valence-electron chi connectivity index (χ4n) is 1.23. The molecule has 14 heavy (non-hydrogen) atoms. The summed E-state index contributed by atoms with van der Waals surface area (Å²) in [6, 6.07) is 1.90. The van der Waals surface area contributed by atoms with Crippen molar-refractivity contribution in [2.45, 2.75) is 34.1 Å². The van der Waals surface area contributed by atoms with Crippen molar-refractivity contribution in [1.82, 2.24) is 4.98 Å². The highest BCUT2D eigenvalue weighted by atomic mass is 16.1. The number of hydrogen-bond acceptors (Lipinski definition) is 2. The lowest BCUT2D eigenvalue weighted by molar-refractivity contribution is 0.0832. The molecule has 0 fully saturated rings. The summed E-state index contributed by atoms with van der Waals surface area (Å²) in [6.45, 7) is 7.92. The SMILES string of the molecule is CCC(C)(C)C(=O)c1cncc(C)c1. The molecule has 0 aliphatic rings. The monoisotopic (exact) mass is 191 g/mol. The van der Waals surface area contributed by atoms with Crippen LogP contribution in [-0.4, -0.2) is 10.8 Å². The molecule has 1 heterocycles. The molecule has 0 aromatic carbocycles. The van der Waals surface area contributed by atoms with Crippen molar-refractivity contribution in [2.24, 2.45) is 5.41 Å². The topological polar surface area (TPSA) is 30.0 Å². The lowest BCUT2D eigenvalue weighted by Crippen LogP contribution is -2.23. The van der Waals surface area contributed by atoms with Gasteiger partial charge in [-0.05, 0) is 25.0 Å². The van der Waals surface area contributed by atoms with E-state index < -0.39 is 0 Å². The molecule has 0 N–H and O–H groups in total. The van der Waals surface area contributed by atoms with Gasteiger partial charge in [-0.2, -0.15) is 0 Å². The average Bonchev–Trinajstić information content (AvgIpc) is 2.16. The molecule has 0 amide bonds. The quantitative estimate of drug-likeness (QED) is 0.687. The Kier molecular flexibility index (Phi) is 3.04. The fraction of sp³-hybridized carbons (Fsp3) is 0.500. The number of ketones is 1. The number of rotatable bonds is 3. The number of Topliss-reactive ketones (excluding diaryl/α,β-unsaturated/α-hetero) is 1. The number of carbonyl (C=O) groups is 1. The number of pyridine rings is 1. The Morgan fingerprint density at radius 2 is 2.07 bits per heavy atom. The Labute approximate surface area is 85.4 Å². The highest BCUT2D eigenvalue weighted by Gasteiger charge is 2.26. The zero-order valence-corrected chi connectivity index (χ0v) is 9.29. The molecule has 0 saturated carbocycles. The van der Waals surface area contributed by atoms with Crippen LogP contribution < -0.4 is 0 Å². The molecule has 0 unspecified atom stereocenters. The largest absolute Gasteiger partial charge is 0.294 e. The maximum absolute atomic E-state index is 12.0. The van der Waals surface area contributed by atoms with E-state index in [-0.39, 0.29) is 11.2 Å². The first-order valence-electron chi connectivity index (χ1n) is 4.94. The summed E-state index contributed by atoms with van der Waals surface area (Å²) in [7, 11) is 0. The van der Waals surface area contributed by atoms with Gasteiger partial charge >= 0.3 is 0 Å². The number of nitrogens with zero attached hydrogens (tertiary/aromatic N) is 1. The van der Waals surface area contributed by atoms with E-state index in [2.05, 4.69) is 4.98 Å². The van der Waals surface area contributed by atoms with E-state index >= 15 is 0 Å². The molecular weight excluding hydrogens is 174 g/mol. The second-order valence-electron chi connectivity index (χ2n) is 4.32. The van der Waals surface area contributed by atoms with Crippen molar-refractivity contribution in [3.8, 4) is 0 Å². The molecule has 0 atom stereocenters. The Balaban J connectivity index is 3.01. The Bertz CT molecular complexity index is 342. The molecule has 2 nitrogen and oxygen atoms in total. The zero-order valence-electron chi connectivity index (χ0n) is 9.29. The number of aryl methyl sites for hydroxylation is 1. The Hall–Kier alpha value is -1.18. The van der Waals surface area contributed by atoms with Gasteiger partial charge < -0.3 is 0 Å². The highest BCUT2D eigenvalue weighted by molar-refractivity contribution is 5.99. The van der Waals surface area contributed by atoms with Gasteiger partial charge in [0, 0.05) is 23.4 Å². The maximum atomic E-state index is 12.0. The number of carbonyl (C=O) groups excluding carboxylic acids is 1. The first kappa shape index (κ1) is 10.9. The second kappa shape index (κ2) is 3.91. The van der Waals surface area contributed by atoms with Crippen molar-refractivity contribution in [3.63, 3.8) is 0 Å². The number of hydrogen-bond donors (Lipinski definition) is 0. The van der Waals surface area contributed by atoms with Crippen LogP contribution in [-0.2, 0) is 0 Å². The smallest absolute Gasteiger partial charge is 0.169 e. The Morgan fingerprint density at radius 3 is 2.57 bits per heavy atom. The summed E-state index contributed by atoms with van der Waals surface area (Å²) in [6.07, 6.45) is 4.25. The van der Waals surface area contributed by atoms with Crippen molar-refractivity contribution < 1.29 is 4.79 Å². The van der Waals surface area contributed by atoms with Gasteiger partial charge in [-0.25, -0.2) is 0 Å². The predicted octanol–water partition coefficient (Wildman–Crippen LogP) is 3.01. The minimum absolute atomic E-state index is 0.177. The average molecular weight is 191 g/mol. The first-order chi connectivity index (χ1) is 6.47. The van der Waals surface area contributed by atoms with Crippen LogP contribution in [0.15, 0.2) is 18.5 Å². The van der Waals surface area contributed by atoms with E-state index in [0.717, 1.165) is 17.5 Å². The van der Waals surface area contributed by atoms with Gasteiger partial charge in [0.15, 0.2) is 5.78 Å². The fourth-order valence-corrected chi connectivity index (χ4v) is 1.23. The third kappa shape index (κ3) is 2.19. The van der Waals surface area contributed by atoms with E-state index in [4.69, 9.17) is 0 Å². The standard InChI is InChI=1S/C12H17NO/c1-5-12(3,4)11(14)10-6-9(2)7-13-8-10/h6-8H,5H2,1-4H3. The lowest BCUT2D eigenvalue weighted by Gasteiger charge is -2.20. The van der Waals surface area contributed by atoms with Crippen LogP contribution in [0.2, 0.25) is 0 Å². The van der Waals surface area contributed by atoms with Crippen molar-refractivity contribution in [3.05, 3.63) is 29.6 Å². The summed E-state index contributed by atoms with van der Waals surface area (Å²) in [5.74, 6) is 0.177. The summed E-state index contributed by atoms with van der Waals surface area (Å²) in [5, 5.41) is 0. The van der Waals surface area contributed by atoms with E-state index in [9.17, 15) is 4.79 Å². The summed E-state index contributed by atoms with van der Waals surface area (Å²) < 4.78 is 0. The Morgan fingerprint density at radius 1 is 1.43 bits per heavy atom. The molecule has 0 saturated heterocycles. The van der Waals surface area contributed by atoms with Crippen LogP contribution in [0.3, 0.4) is 0 Å². The predicted molar refractivity (Wildman–Crippen MR) is 57.4 cm³/mol. The second-order valence-corrected chi connectivity index (χ2v) is 4.32. The minimum Gasteiger partial charge on any atom is -0.294 e. The summed E-state index contributed by atoms with van der Waals surface area (Å²) in [4.78, 5) is 16.0. The van der Waals surface area contributed by atoms with Crippen molar-refractivity contribution in [1.29, 1.82) is 0 Å². The van der Waals surface area contributed by atoms with Gasteiger partial charge in [-0.3, -0.25) is 9.78 Å². The molecule has 0 spiro atoms.